The summed E-state index contributed by atoms with van der Waals surface area (Å²) in [5.74, 6) is 0. The summed E-state index contributed by atoms with van der Waals surface area (Å²) in [6, 6.07) is 3.01. The number of hydrazone groups is 1. The van der Waals surface area contributed by atoms with Gasteiger partial charge in [0, 0.05) is 24.3 Å². The zero-order valence-electron chi connectivity index (χ0n) is 13.6. The Kier molecular flexibility index (Phi) is 4.59. The van der Waals surface area contributed by atoms with Crippen molar-refractivity contribution in [2.45, 2.75) is 38.1 Å². The maximum atomic E-state index is 13.6. The number of hydrogen-bond acceptors (Lipinski definition) is 4. The van der Waals surface area contributed by atoms with Crippen LogP contribution in [0.5, 0.6) is 0 Å². The van der Waals surface area contributed by atoms with Gasteiger partial charge in [-0.05, 0) is 31.9 Å². The molecule has 6 nitrogen and oxygen atoms in total. The Hall–Kier alpha value is -2.29. The summed E-state index contributed by atoms with van der Waals surface area (Å²) in [6.45, 7) is 2.30. The van der Waals surface area contributed by atoms with Gasteiger partial charge in [-0.1, -0.05) is 6.07 Å². The van der Waals surface area contributed by atoms with E-state index in [2.05, 4.69) is 15.8 Å². The normalized spacial score (nSPS) is 24.4. The molecule has 3 rings (SSSR count). The predicted octanol–water partition coefficient (Wildman–Crippen LogP) is 2.07. The number of carbonyl (C=O) groups excluding carboxylic acids is 1. The van der Waals surface area contributed by atoms with Crippen molar-refractivity contribution in [3.05, 3.63) is 29.3 Å². The third-order valence-electron chi connectivity index (χ3n) is 4.37. The first-order valence-corrected chi connectivity index (χ1v) is 8.04. The van der Waals surface area contributed by atoms with Crippen LogP contribution in [-0.2, 0) is 6.18 Å². The van der Waals surface area contributed by atoms with Gasteiger partial charge in [0.25, 0.3) is 0 Å². The van der Waals surface area contributed by atoms with Gasteiger partial charge in [-0.3, -0.25) is 0 Å². The van der Waals surface area contributed by atoms with Gasteiger partial charge in [-0.15, -0.1) is 0 Å². The number of anilines is 1. The van der Waals surface area contributed by atoms with Gasteiger partial charge in [0.2, 0.25) is 0 Å². The molecule has 1 fully saturated rings. The molecule has 0 aromatic heterocycles. The fraction of sp³-hybridized carbons (Fsp3) is 0.500. The molecule has 2 heterocycles. The molecule has 3 N–H and O–H groups in total. The number of carbonyl (C=O) groups is 1. The highest BCUT2D eigenvalue weighted by Crippen LogP contribution is 2.38. The second-order valence-electron chi connectivity index (χ2n) is 6.28. The molecule has 0 spiro atoms. The van der Waals surface area contributed by atoms with Crippen LogP contribution < -0.4 is 15.6 Å². The summed E-state index contributed by atoms with van der Waals surface area (Å²) < 4.78 is 40.8. The number of benzene rings is 1. The standard InChI is InChI=1S/C16H19F3N4O2/c1-9-14(21-22-15(25)20-9)10-4-5-13(12(7-10)16(17,18)19)23-6-2-3-11(24)8-23/h4-5,7,9,11,24H,2-3,6,8H2,1H3,(H2,20,22,25)/t9-,11-/m0/s1. The Labute approximate surface area is 142 Å². The molecule has 0 aliphatic carbocycles. The van der Waals surface area contributed by atoms with Crippen LogP contribution in [0, 0.1) is 0 Å². The lowest BCUT2D eigenvalue weighted by Gasteiger charge is -2.34. The number of alkyl halides is 3. The van der Waals surface area contributed by atoms with Crippen molar-refractivity contribution in [2.75, 3.05) is 18.0 Å². The Balaban J connectivity index is 2.00. The Bertz CT molecular complexity index is 705. The predicted molar refractivity (Wildman–Crippen MR) is 86.6 cm³/mol. The first-order chi connectivity index (χ1) is 11.8. The number of nitrogens with zero attached hydrogens (tertiary/aromatic N) is 2. The third-order valence-corrected chi connectivity index (χ3v) is 4.37. The highest BCUT2D eigenvalue weighted by Gasteiger charge is 2.37. The summed E-state index contributed by atoms with van der Waals surface area (Å²) >= 11 is 0. The topological polar surface area (TPSA) is 77.0 Å². The number of aliphatic hydroxyl groups is 1. The number of halogens is 3. The summed E-state index contributed by atoms with van der Waals surface area (Å²) in [5, 5.41) is 16.2. The minimum absolute atomic E-state index is 0.0519. The van der Waals surface area contributed by atoms with E-state index in [0.29, 0.717) is 25.1 Å². The van der Waals surface area contributed by atoms with Crippen molar-refractivity contribution in [1.82, 2.24) is 10.7 Å². The van der Waals surface area contributed by atoms with Gasteiger partial charge in [-0.25, -0.2) is 10.2 Å². The molecule has 9 heteroatoms. The van der Waals surface area contributed by atoms with E-state index in [1.54, 1.807) is 17.9 Å². The summed E-state index contributed by atoms with van der Waals surface area (Å²) in [5.41, 5.74) is 2.11. The number of nitrogens with one attached hydrogen (secondary N) is 2. The van der Waals surface area contributed by atoms with Gasteiger partial charge in [-0.2, -0.15) is 18.3 Å². The largest absolute Gasteiger partial charge is 0.418 e. The molecule has 0 radical (unpaired) electrons. The van der Waals surface area contributed by atoms with Crippen molar-refractivity contribution >= 4 is 17.4 Å². The molecule has 1 aromatic rings. The Morgan fingerprint density at radius 2 is 2.12 bits per heavy atom. The van der Waals surface area contributed by atoms with E-state index in [9.17, 15) is 23.1 Å². The minimum atomic E-state index is -4.54. The Morgan fingerprint density at radius 1 is 1.36 bits per heavy atom. The molecule has 1 aromatic carbocycles. The van der Waals surface area contributed by atoms with Crippen LogP contribution in [0.2, 0.25) is 0 Å². The Morgan fingerprint density at radius 3 is 2.76 bits per heavy atom. The lowest BCUT2D eigenvalue weighted by Crippen LogP contribution is -2.48. The lowest BCUT2D eigenvalue weighted by atomic mass is 9.98. The van der Waals surface area contributed by atoms with Gasteiger partial charge in [0.05, 0.1) is 23.4 Å². The average Bonchev–Trinajstić information content (AvgIpc) is 2.53. The van der Waals surface area contributed by atoms with E-state index in [1.807, 2.05) is 0 Å². The molecule has 1 saturated heterocycles. The molecule has 2 aliphatic heterocycles. The maximum Gasteiger partial charge on any atom is 0.418 e. The van der Waals surface area contributed by atoms with Crippen LogP contribution in [0.4, 0.5) is 23.7 Å². The lowest BCUT2D eigenvalue weighted by molar-refractivity contribution is -0.137. The number of β-amino-alcohol motifs (C(OH)–C–C–N with tert-alkyl or cyclic N) is 1. The smallest absolute Gasteiger partial charge is 0.391 e. The molecule has 136 valence electrons. The van der Waals surface area contributed by atoms with E-state index in [-0.39, 0.29) is 17.8 Å². The van der Waals surface area contributed by atoms with Crippen molar-refractivity contribution < 1.29 is 23.1 Å². The molecule has 0 unspecified atom stereocenters. The third kappa shape index (κ3) is 3.71. The minimum Gasteiger partial charge on any atom is -0.391 e. The first kappa shape index (κ1) is 17.5. The van der Waals surface area contributed by atoms with Crippen LogP contribution in [-0.4, -0.2) is 42.1 Å². The number of rotatable bonds is 2. The first-order valence-electron chi connectivity index (χ1n) is 8.04. The highest BCUT2D eigenvalue weighted by atomic mass is 19.4. The summed E-state index contributed by atoms with van der Waals surface area (Å²) in [7, 11) is 0. The van der Waals surface area contributed by atoms with Crippen molar-refractivity contribution in [2.24, 2.45) is 5.10 Å². The van der Waals surface area contributed by atoms with Gasteiger partial charge >= 0.3 is 12.2 Å². The summed E-state index contributed by atoms with van der Waals surface area (Å²) in [4.78, 5) is 12.8. The zero-order chi connectivity index (χ0) is 18.2. The molecular formula is C16H19F3N4O2. The zero-order valence-corrected chi connectivity index (χ0v) is 13.6. The van der Waals surface area contributed by atoms with Crippen LogP contribution in [0.3, 0.4) is 0 Å². The number of amides is 2. The van der Waals surface area contributed by atoms with Crippen LogP contribution in [0.15, 0.2) is 23.3 Å². The molecule has 2 amide bonds. The average molecular weight is 356 g/mol. The molecule has 0 bridgehead atoms. The molecule has 2 aliphatic rings. The molecule has 2 atom stereocenters. The van der Waals surface area contributed by atoms with E-state index in [0.717, 1.165) is 6.07 Å². The second-order valence-corrected chi connectivity index (χ2v) is 6.28. The number of piperidine rings is 1. The molecular weight excluding hydrogens is 337 g/mol. The highest BCUT2D eigenvalue weighted by molar-refractivity contribution is 6.07. The van der Waals surface area contributed by atoms with Crippen LogP contribution in [0.1, 0.15) is 30.9 Å². The fourth-order valence-electron chi connectivity index (χ4n) is 3.19. The fourth-order valence-corrected chi connectivity index (χ4v) is 3.19. The van der Waals surface area contributed by atoms with E-state index in [1.165, 1.54) is 6.07 Å². The molecule has 0 saturated carbocycles. The van der Waals surface area contributed by atoms with Crippen LogP contribution in [0.25, 0.3) is 0 Å². The molecule has 25 heavy (non-hydrogen) atoms. The van der Waals surface area contributed by atoms with E-state index in [4.69, 9.17) is 0 Å². The number of aliphatic hydroxyl groups excluding tert-OH is 1. The number of hydrogen-bond donors (Lipinski definition) is 3. The number of urea groups is 1. The second kappa shape index (κ2) is 6.55. The van der Waals surface area contributed by atoms with E-state index < -0.39 is 29.9 Å². The van der Waals surface area contributed by atoms with Crippen molar-refractivity contribution in [1.29, 1.82) is 0 Å². The van der Waals surface area contributed by atoms with Gasteiger partial charge in [0.15, 0.2) is 0 Å². The maximum absolute atomic E-state index is 13.6. The summed E-state index contributed by atoms with van der Waals surface area (Å²) in [6.07, 6.45) is -3.94. The monoisotopic (exact) mass is 356 g/mol. The van der Waals surface area contributed by atoms with Crippen molar-refractivity contribution in [3.63, 3.8) is 0 Å². The van der Waals surface area contributed by atoms with Gasteiger partial charge < -0.3 is 15.3 Å². The van der Waals surface area contributed by atoms with Crippen molar-refractivity contribution in [3.8, 4) is 0 Å². The SMILES string of the molecule is C[C@@H]1NC(=O)NN=C1c1ccc(N2CCC[C@H](O)C2)c(C(F)(F)F)c1. The van der Waals surface area contributed by atoms with Gasteiger partial charge in [0.1, 0.15) is 0 Å². The van der Waals surface area contributed by atoms with Crippen LogP contribution >= 0.6 is 0 Å². The van der Waals surface area contributed by atoms with E-state index >= 15 is 0 Å². The quantitative estimate of drug-likeness (QED) is 0.759.